The van der Waals surface area contributed by atoms with Crippen molar-refractivity contribution in [3.05, 3.63) is 0 Å². The molecular formula is C39H68O44S5. The van der Waals surface area contributed by atoms with Crippen molar-refractivity contribution in [3.63, 3.8) is 0 Å². The Morgan fingerprint density at radius 3 is 1.22 bits per heavy atom. The smallest absolute Gasteiger partial charge is 0.394 e. The summed E-state index contributed by atoms with van der Waals surface area (Å²) < 4.78 is 223. The Morgan fingerprint density at radius 2 is 0.727 bits per heavy atom. The number of rotatable bonds is 29. The molecule has 0 aromatic heterocycles. The highest BCUT2D eigenvalue weighted by atomic mass is 32.3. The van der Waals surface area contributed by atoms with Gasteiger partial charge < -0.3 is 118 Å². The van der Waals surface area contributed by atoms with E-state index >= 15 is 0 Å². The minimum absolute atomic E-state index is 0.641. The fraction of sp³-hybridized carbons (Fsp3) is 1.00. The maximum atomic E-state index is 12.2. The Balaban J connectivity index is 1.17. The molecule has 0 saturated carbocycles. The molecule has 6 saturated heterocycles. The van der Waals surface area contributed by atoms with Gasteiger partial charge in [0.05, 0.1) is 70.7 Å². The summed E-state index contributed by atoms with van der Waals surface area (Å²) in [5.41, 5.74) is 0. The van der Waals surface area contributed by atoms with Gasteiger partial charge in [-0.2, -0.15) is 33.7 Å². The highest BCUT2D eigenvalue weighted by Crippen LogP contribution is 2.37. The molecule has 88 heavy (non-hydrogen) atoms. The van der Waals surface area contributed by atoms with Gasteiger partial charge in [-0.3, -0.25) is 22.8 Å². The summed E-state index contributed by atoms with van der Waals surface area (Å²) in [6.07, 6.45) is -54.6. The molecule has 0 aromatic rings. The largest absolute Gasteiger partial charge is 0.397 e. The molecular weight excluding hydrogens is 1330 g/mol. The van der Waals surface area contributed by atoms with Gasteiger partial charge in [0.2, 0.25) is 0 Å². The van der Waals surface area contributed by atoms with E-state index in [0.717, 1.165) is 0 Å². The van der Waals surface area contributed by atoms with Crippen LogP contribution in [0.2, 0.25) is 0 Å². The van der Waals surface area contributed by atoms with E-state index in [1.165, 1.54) is 13.8 Å². The van der Waals surface area contributed by atoms with Crippen LogP contribution in [0.5, 0.6) is 0 Å². The normalized spacial score (nSPS) is 44.8. The monoisotopic (exact) mass is 1400 g/mol. The molecule has 0 spiro atoms. The maximum Gasteiger partial charge on any atom is 0.397 e. The number of hydrogen-bond donors (Lipinski definition) is 18. The molecule has 15 unspecified atom stereocenters. The standard InChI is InChI=1S/C39H68O44S5/c1-10-12(5-66-37-26(49)31(78-83-85(55)56)19(42)11(2)72-37)29(77-82-84(53)54)25(48)36(71-10)68-7-14-20(43)15(3-40)74-35(21(14)44)67-6-13-17(73-34(52)24(47)30(13)79-86(57,58)59)8-69-39-28(51)33(81-88(63,64)65)23(46)18(76-39)9-70-38-27(50)32(80-87(60,61)62)22(45)16(4-41)75-38/h10-52H,3-9H2,1-2H3,(H,53,54)(H,55,56)(H,57,58,59)(H,60,61,62)(H,63,64,65)/t10?,11?,12-,13+,14-,15?,16?,17?,18?,19-,20-,21?,22+,23+,24?,25?,26?,27?,28?,29+,30-,31+,32-,33-,34?,35-,36-,37-,38-,39-/m1/s1. The molecule has 0 aliphatic carbocycles. The minimum atomic E-state index is -5.63. The predicted molar refractivity (Wildman–Crippen MR) is 263 cm³/mol. The second kappa shape index (κ2) is 32.4. The van der Waals surface area contributed by atoms with Crippen molar-refractivity contribution in [2.45, 2.75) is 180 Å². The van der Waals surface area contributed by atoms with Crippen molar-refractivity contribution in [2.75, 3.05) is 46.2 Å². The summed E-state index contributed by atoms with van der Waals surface area (Å²) in [7, 11) is -16.7. The van der Waals surface area contributed by atoms with Crippen LogP contribution in [0, 0.1) is 17.8 Å². The van der Waals surface area contributed by atoms with Gasteiger partial charge in [-0.25, -0.2) is 22.3 Å². The molecule has 0 bridgehead atoms. The van der Waals surface area contributed by atoms with E-state index in [-0.39, 0.29) is 0 Å². The lowest BCUT2D eigenvalue weighted by Gasteiger charge is -2.46. The minimum Gasteiger partial charge on any atom is -0.394 e. The van der Waals surface area contributed by atoms with Gasteiger partial charge >= 0.3 is 53.9 Å². The summed E-state index contributed by atoms with van der Waals surface area (Å²) in [5.74, 6) is -4.84. The summed E-state index contributed by atoms with van der Waals surface area (Å²) >= 11 is -6.16. The highest BCUT2D eigenvalue weighted by Gasteiger charge is 2.56. The second-order valence-electron chi connectivity index (χ2n) is 20.2. The van der Waals surface area contributed by atoms with Crippen LogP contribution < -0.4 is 0 Å². The first-order valence-corrected chi connectivity index (χ1v) is 31.7. The molecule has 0 radical (unpaired) electrons. The lowest BCUT2D eigenvalue weighted by atomic mass is 9.88. The van der Waals surface area contributed by atoms with E-state index in [2.05, 4.69) is 26.1 Å². The third-order valence-electron chi connectivity index (χ3n) is 14.4. The lowest BCUT2D eigenvalue weighted by Crippen LogP contribution is -2.63. The van der Waals surface area contributed by atoms with Crippen LogP contribution in [0.3, 0.4) is 0 Å². The number of hydrogen-bond acceptors (Lipinski definition) is 39. The Bertz CT molecular complexity index is 2580. The van der Waals surface area contributed by atoms with E-state index in [9.17, 15) is 118 Å². The number of ether oxygens (including phenoxy) is 11. The molecule has 6 rings (SSSR count). The van der Waals surface area contributed by atoms with E-state index in [4.69, 9.17) is 61.5 Å². The molecule has 6 aliphatic rings. The molecule has 32 atom stereocenters. The summed E-state index contributed by atoms with van der Waals surface area (Å²) in [6.45, 7) is -4.46. The Labute approximate surface area is 501 Å². The molecule has 49 heteroatoms. The van der Waals surface area contributed by atoms with E-state index in [1.54, 1.807) is 0 Å². The molecule has 0 amide bonds. The highest BCUT2D eigenvalue weighted by molar-refractivity contribution is 7.81. The molecule has 0 aromatic carbocycles. The van der Waals surface area contributed by atoms with Crippen LogP contribution in [0.15, 0.2) is 0 Å². The third-order valence-corrected chi connectivity index (χ3v) is 16.2. The average molecular weight is 1400 g/mol. The van der Waals surface area contributed by atoms with Crippen molar-refractivity contribution < 1.29 is 206 Å². The first-order valence-electron chi connectivity index (χ1n) is 25.5. The Morgan fingerprint density at radius 1 is 0.364 bits per heavy atom. The van der Waals surface area contributed by atoms with Gasteiger partial charge in [0.15, 0.2) is 43.8 Å². The van der Waals surface area contributed by atoms with Gasteiger partial charge in [0.25, 0.3) is 0 Å². The number of aliphatic hydroxyl groups excluding tert-OH is 13. The topological polar surface area (TPSA) is 667 Å². The van der Waals surface area contributed by atoms with E-state index < -0.39 is 284 Å². The fourth-order valence-electron chi connectivity index (χ4n) is 9.96. The molecule has 518 valence electrons. The Kier molecular flexibility index (Phi) is 27.9. The first kappa shape index (κ1) is 75.7. The average Bonchev–Trinajstić information content (AvgIpc) is 3.28. The van der Waals surface area contributed by atoms with Crippen molar-refractivity contribution in [2.24, 2.45) is 17.8 Å². The number of aliphatic hydroxyl groups is 13. The summed E-state index contributed by atoms with van der Waals surface area (Å²) in [4.78, 5) is 9.72. The molecule has 6 aliphatic heterocycles. The van der Waals surface area contributed by atoms with E-state index in [0.29, 0.717) is 0 Å². The van der Waals surface area contributed by atoms with Crippen molar-refractivity contribution in [3.8, 4) is 0 Å². The predicted octanol–water partition coefficient (Wildman–Crippen LogP) is -11.6. The first-order chi connectivity index (χ1) is 40.9. The van der Waals surface area contributed by atoms with E-state index in [1.807, 2.05) is 0 Å². The quantitative estimate of drug-likeness (QED) is 0.0143. The van der Waals surface area contributed by atoms with Gasteiger partial charge in [-0.1, -0.05) is 0 Å². The van der Waals surface area contributed by atoms with Crippen molar-refractivity contribution in [1.29, 1.82) is 0 Å². The Hall–Kier alpha value is -1.29. The van der Waals surface area contributed by atoms with Crippen LogP contribution in [0.1, 0.15) is 13.8 Å². The SMILES string of the molecule is CC1O[C@@H](OC[C@@H]2C(C)O[C@@H](OC[C@H]3C(O)[C@H](OC[C@H]4C(CO[C@@H]5OC(CO[C@@H]6OC(CO)[C@H](O)[C@@H](OS(=O)(=O)O)C6O)[C@H](O)[C@@H](OS(=O)(=O)O)C5O)OC(O)C(O)[C@@H]4OS(=O)(=O)O)OC(CO)[C@@H]3O)C(O)[C@H]2OOS(=O)O)C(O)[C@@H](OOS(=O)O)[C@@H]1O. The van der Waals surface area contributed by atoms with Crippen LogP contribution >= 0.6 is 0 Å². The van der Waals surface area contributed by atoms with Gasteiger partial charge in [0, 0.05) is 17.8 Å². The molecule has 18 N–H and O–H groups in total. The second-order valence-corrected chi connectivity index (χ2v) is 24.5. The summed E-state index contributed by atoms with van der Waals surface area (Å²) in [6, 6.07) is 0. The van der Waals surface area contributed by atoms with Crippen LogP contribution in [0.25, 0.3) is 0 Å². The third kappa shape index (κ3) is 19.9. The van der Waals surface area contributed by atoms with Crippen molar-refractivity contribution >= 4 is 53.9 Å². The van der Waals surface area contributed by atoms with Crippen LogP contribution in [-0.4, -0.2) is 335 Å². The van der Waals surface area contributed by atoms with Crippen LogP contribution in [-0.2, 0) is 137 Å². The molecule has 44 nitrogen and oxygen atoms in total. The summed E-state index contributed by atoms with van der Waals surface area (Å²) in [5, 5.41) is 140. The van der Waals surface area contributed by atoms with Crippen LogP contribution in [0.4, 0.5) is 0 Å². The lowest BCUT2D eigenvalue weighted by molar-refractivity contribution is -0.374. The van der Waals surface area contributed by atoms with Gasteiger partial charge in [-0.05, 0) is 13.8 Å². The molecule has 6 fully saturated rings. The van der Waals surface area contributed by atoms with Gasteiger partial charge in [0.1, 0.15) is 97.7 Å². The maximum absolute atomic E-state index is 12.2. The zero-order chi connectivity index (χ0) is 65.7. The van der Waals surface area contributed by atoms with Gasteiger partial charge in [-0.15, -0.1) is 8.67 Å². The molecule has 6 heterocycles. The van der Waals surface area contributed by atoms with Crippen molar-refractivity contribution in [1.82, 2.24) is 0 Å². The zero-order valence-electron chi connectivity index (χ0n) is 45.0. The fourth-order valence-corrected chi connectivity index (χ4v) is 11.8. The zero-order valence-corrected chi connectivity index (χ0v) is 49.1.